The molecular formula is C9H14F4O. The summed E-state index contributed by atoms with van der Waals surface area (Å²) in [5.41, 5.74) is 0. The number of hydrogen-bond acceptors (Lipinski definition) is 1. The fraction of sp³-hybridized carbons (Fsp3) is 1.00. The Morgan fingerprint density at radius 2 is 1.71 bits per heavy atom. The molecule has 0 aromatic heterocycles. The van der Waals surface area contributed by atoms with E-state index in [0.29, 0.717) is 6.42 Å². The van der Waals surface area contributed by atoms with Gasteiger partial charge in [0.2, 0.25) is 0 Å². The Morgan fingerprint density at radius 1 is 1.14 bits per heavy atom. The Balaban J connectivity index is 2.58. The maximum Gasteiger partial charge on any atom is 0.522 e. The van der Waals surface area contributed by atoms with Crippen molar-refractivity contribution >= 4 is 0 Å². The largest absolute Gasteiger partial charge is 0.522 e. The molecule has 1 nitrogen and oxygen atoms in total. The zero-order valence-corrected chi connectivity index (χ0v) is 8.14. The van der Waals surface area contributed by atoms with Crippen molar-refractivity contribution in [3.05, 3.63) is 0 Å². The monoisotopic (exact) mass is 214 g/mol. The Labute approximate surface area is 80.4 Å². The molecule has 0 radical (unpaired) electrons. The minimum Gasteiger partial charge on any atom is -0.285 e. The number of halogens is 4. The molecule has 1 saturated carbocycles. The van der Waals surface area contributed by atoms with Gasteiger partial charge in [0.1, 0.15) is 12.3 Å². The molecule has 0 aromatic carbocycles. The van der Waals surface area contributed by atoms with Crippen molar-refractivity contribution in [1.29, 1.82) is 0 Å². The van der Waals surface area contributed by atoms with Gasteiger partial charge >= 0.3 is 6.36 Å². The van der Waals surface area contributed by atoms with Gasteiger partial charge in [-0.1, -0.05) is 13.8 Å². The van der Waals surface area contributed by atoms with Gasteiger partial charge in [0, 0.05) is 0 Å². The van der Waals surface area contributed by atoms with Gasteiger partial charge in [-0.3, -0.25) is 4.74 Å². The first-order valence-electron chi connectivity index (χ1n) is 4.68. The second-order valence-electron chi connectivity index (χ2n) is 4.10. The average Bonchev–Trinajstić information content (AvgIpc) is 1.95. The summed E-state index contributed by atoms with van der Waals surface area (Å²) in [7, 11) is 0. The van der Waals surface area contributed by atoms with Gasteiger partial charge in [-0.15, -0.1) is 13.2 Å². The Kier molecular flexibility index (Phi) is 3.40. The summed E-state index contributed by atoms with van der Waals surface area (Å²) in [6, 6.07) is 0. The van der Waals surface area contributed by atoms with Crippen LogP contribution in [0.5, 0.6) is 0 Å². The lowest BCUT2D eigenvalue weighted by Gasteiger charge is -2.35. The van der Waals surface area contributed by atoms with E-state index in [1.165, 1.54) is 0 Å². The maximum atomic E-state index is 13.3. The van der Waals surface area contributed by atoms with Gasteiger partial charge in [-0.25, -0.2) is 4.39 Å². The zero-order chi connectivity index (χ0) is 10.9. The molecule has 0 aliphatic heterocycles. The molecule has 0 bridgehead atoms. The molecule has 0 spiro atoms. The Hall–Kier alpha value is -0.320. The lowest BCUT2D eigenvalue weighted by atomic mass is 9.80. The quantitative estimate of drug-likeness (QED) is 0.608. The van der Waals surface area contributed by atoms with Crippen LogP contribution in [0, 0.1) is 11.8 Å². The number of alkyl halides is 4. The van der Waals surface area contributed by atoms with E-state index in [1.54, 1.807) is 6.92 Å². The first kappa shape index (κ1) is 11.8. The minimum atomic E-state index is -4.73. The Morgan fingerprint density at radius 3 is 2.14 bits per heavy atom. The van der Waals surface area contributed by atoms with Crippen LogP contribution in [0.25, 0.3) is 0 Å². The molecule has 84 valence electrons. The third-order valence-corrected chi connectivity index (χ3v) is 2.59. The zero-order valence-electron chi connectivity index (χ0n) is 8.14. The van der Waals surface area contributed by atoms with E-state index in [9.17, 15) is 17.6 Å². The molecule has 1 rings (SSSR count). The van der Waals surface area contributed by atoms with Crippen LogP contribution in [0.4, 0.5) is 17.6 Å². The highest BCUT2D eigenvalue weighted by Gasteiger charge is 2.42. The predicted octanol–water partition coefficient (Wildman–Crippen LogP) is 3.30. The van der Waals surface area contributed by atoms with Crippen LogP contribution in [0.15, 0.2) is 0 Å². The maximum absolute atomic E-state index is 13.3. The fourth-order valence-electron chi connectivity index (χ4n) is 2.08. The first-order chi connectivity index (χ1) is 6.29. The molecule has 0 saturated heterocycles. The van der Waals surface area contributed by atoms with Crippen LogP contribution in [-0.2, 0) is 4.74 Å². The summed E-state index contributed by atoms with van der Waals surface area (Å²) in [6.07, 6.45) is -6.82. The van der Waals surface area contributed by atoms with Crippen LogP contribution >= 0.6 is 0 Å². The number of hydrogen-bond donors (Lipinski definition) is 0. The second kappa shape index (κ2) is 4.04. The van der Waals surface area contributed by atoms with Gasteiger partial charge in [-0.05, 0) is 24.7 Å². The summed E-state index contributed by atoms with van der Waals surface area (Å²) in [5.74, 6) is -0.247. The molecule has 0 aromatic rings. The smallest absolute Gasteiger partial charge is 0.285 e. The minimum absolute atomic E-state index is 0.132. The third kappa shape index (κ3) is 3.12. The van der Waals surface area contributed by atoms with E-state index in [0.717, 1.165) is 0 Å². The van der Waals surface area contributed by atoms with E-state index >= 15 is 0 Å². The fourth-order valence-corrected chi connectivity index (χ4v) is 2.08. The van der Waals surface area contributed by atoms with Gasteiger partial charge in [-0.2, -0.15) is 0 Å². The van der Waals surface area contributed by atoms with Gasteiger partial charge in [0.25, 0.3) is 0 Å². The van der Waals surface area contributed by atoms with Crippen molar-refractivity contribution < 1.29 is 22.3 Å². The average molecular weight is 214 g/mol. The Bertz CT molecular complexity index is 180. The molecule has 0 heterocycles. The molecule has 1 fully saturated rings. The molecule has 0 N–H and O–H groups in total. The molecule has 4 unspecified atom stereocenters. The first-order valence-corrected chi connectivity index (χ1v) is 4.68. The topological polar surface area (TPSA) is 9.23 Å². The highest BCUT2D eigenvalue weighted by atomic mass is 19.4. The highest BCUT2D eigenvalue weighted by molar-refractivity contribution is 4.84. The second-order valence-corrected chi connectivity index (χ2v) is 4.10. The van der Waals surface area contributed by atoms with Crippen LogP contribution in [0.1, 0.15) is 26.7 Å². The highest BCUT2D eigenvalue weighted by Crippen LogP contribution is 2.36. The molecule has 14 heavy (non-hydrogen) atoms. The molecule has 5 heteroatoms. The van der Waals surface area contributed by atoms with E-state index in [2.05, 4.69) is 4.74 Å². The summed E-state index contributed by atoms with van der Waals surface area (Å²) in [5, 5.41) is 0. The summed E-state index contributed by atoms with van der Waals surface area (Å²) < 4.78 is 52.7. The van der Waals surface area contributed by atoms with E-state index < -0.39 is 18.6 Å². The van der Waals surface area contributed by atoms with Crippen LogP contribution in [-0.4, -0.2) is 18.6 Å². The summed E-state index contributed by atoms with van der Waals surface area (Å²) in [4.78, 5) is 0. The molecule has 1 aliphatic carbocycles. The van der Waals surface area contributed by atoms with Crippen LogP contribution in [0.3, 0.4) is 0 Å². The lowest BCUT2D eigenvalue weighted by molar-refractivity contribution is -0.357. The van der Waals surface area contributed by atoms with Crippen molar-refractivity contribution in [2.45, 2.75) is 45.3 Å². The number of rotatable bonds is 1. The van der Waals surface area contributed by atoms with Crippen molar-refractivity contribution in [3.63, 3.8) is 0 Å². The van der Waals surface area contributed by atoms with Crippen molar-refractivity contribution in [2.75, 3.05) is 0 Å². The van der Waals surface area contributed by atoms with Crippen molar-refractivity contribution in [1.82, 2.24) is 0 Å². The van der Waals surface area contributed by atoms with Gasteiger partial charge in [0.15, 0.2) is 0 Å². The van der Waals surface area contributed by atoms with Crippen LogP contribution < -0.4 is 0 Å². The molecule has 0 amide bonds. The summed E-state index contributed by atoms with van der Waals surface area (Å²) in [6.45, 7) is 3.44. The normalized spacial score (nSPS) is 39.9. The van der Waals surface area contributed by atoms with E-state index in [4.69, 9.17) is 0 Å². The van der Waals surface area contributed by atoms with Crippen LogP contribution in [0.2, 0.25) is 0 Å². The van der Waals surface area contributed by atoms with Crippen molar-refractivity contribution in [3.8, 4) is 0 Å². The molecule has 1 aliphatic rings. The SMILES string of the molecule is CC1CC(C)C(OC(F)(F)F)C(F)C1. The van der Waals surface area contributed by atoms with Crippen molar-refractivity contribution in [2.24, 2.45) is 11.8 Å². The van der Waals surface area contributed by atoms with E-state index in [-0.39, 0.29) is 18.3 Å². The molecular weight excluding hydrogens is 200 g/mol. The number of ether oxygens (including phenoxy) is 1. The third-order valence-electron chi connectivity index (χ3n) is 2.59. The molecule has 4 atom stereocenters. The van der Waals surface area contributed by atoms with Gasteiger partial charge in [0.05, 0.1) is 0 Å². The predicted molar refractivity (Wildman–Crippen MR) is 43.4 cm³/mol. The summed E-state index contributed by atoms with van der Waals surface area (Å²) >= 11 is 0. The lowest BCUT2D eigenvalue weighted by Crippen LogP contribution is -2.41. The standard InChI is InChI=1S/C9H14F4O/c1-5-3-6(2)8(7(10)4-5)14-9(11,12)13/h5-8H,3-4H2,1-2H3. The van der Waals surface area contributed by atoms with Gasteiger partial charge < -0.3 is 0 Å². The van der Waals surface area contributed by atoms with E-state index in [1.807, 2.05) is 6.92 Å².